The van der Waals surface area contributed by atoms with Gasteiger partial charge in [0.2, 0.25) is 0 Å². The third-order valence-electron chi connectivity index (χ3n) is 8.21. The van der Waals surface area contributed by atoms with Crippen molar-refractivity contribution in [2.24, 2.45) is 23.7 Å². The molecule has 234 valence electrons. The summed E-state index contributed by atoms with van der Waals surface area (Å²) < 4.78 is 22.9. The van der Waals surface area contributed by atoms with Gasteiger partial charge in [-0.1, -0.05) is 38.5 Å². The molecular weight excluding hydrogens is 536 g/mol. The number of rotatable bonds is 7. The minimum Gasteiger partial charge on any atom is -0.462 e. The monoisotopic (exact) mass is 584 g/mol. The van der Waals surface area contributed by atoms with Gasteiger partial charge in [0.1, 0.15) is 30.7 Å². The van der Waals surface area contributed by atoms with Crippen LogP contribution in [-0.4, -0.2) is 101 Å². The lowest BCUT2D eigenvalue weighted by molar-refractivity contribution is -0.317. The highest BCUT2D eigenvalue weighted by Crippen LogP contribution is 2.34. The minimum absolute atomic E-state index is 0.0166. The molecule has 0 bridgehead atoms. The van der Waals surface area contributed by atoms with Gasteiger partial charge < -0.3 is 44.2 Å². The molecule has 4 N–H and O–H groups in total. The van der Waals surface area contributed by atoms with E-state index in [1.165, 1.54) is 13.2 Å². The van der Waals surface area contributed by atoms with Crippen LogP contribution in [0.1, 0.15) is 60.3 Å². The van der Waals surface area contributed by atoms with Crippen molar-refractivity contribution >= 4 is 18.0 Å². The van der Waals surface area contributed by atoms with Gasteiger partial charge in [-0.05, 0) is 38.7 Å². The van der Waals surface area contributed by atoms with Gasteiger partial charge in [0.15, 0.2) is 12.1 Å². The summed E-state index contributed by atoms with van der Waals surface area (Å²) in [5.74, 6) is -3.24. The lowest BCUT2D eigenvalue weighted by Crippen LogP contribution is -2.59. The number of aliphatic hydroxyl groups excluding tert-OH is 4. The van der Waals surface area contributed by atoms with E-state index in [1.54, 1.807) is 39.8 Å². The van der Waals surface area contributed by atoms with Crippen LogP contribution in [0.15, 0.2) is 23.8 Å². The maximum absolute atomic E-state index is 13.1. The number of ether oxygens (including phenoxy) is 4. The number of aldehydes is 1. The van der Waals surface area contributed by atoms with Crippen molar-refractivity contribution in [2.75, 3.05) is 13.7 Å². The van der Waals surface area contributed by atoms with Crippen molar-refractivity contribution in [1.82, 2.24) is 0 Å². The van der Waals surface area contributed by atoms with Crippen LogP contribution in [0.25, 0.3) is 0 Å². The molecule has 12 atom stereocenters. The number of allylic oxidation sites excluding steroid dienone is 3. The molecule has 0 spiro atoms. The average molecular weight is 585 g/mol. The fourth-order valence-corrected chi connectivity index (χ4v) is 5.58. The smallest absolute Gasteiger partial charge is 0.308 e. The zero-order chi connectivity index (χ0) is 30.9. The lowest BCUT2D eigenvalue weighted by Gasteiger charge is -2.44. The van der Waals surface area contributed by atoms with Crippen LogP contribution in [0.4, 0.5) is 0 Å². The molecule has 1 fully saturated rings. The Labute approximate surface area is 242 Å². The van der Waals surface area contributed by atoms with Gasteiger partial charge in [0.25, 0.3) is 0 Å². The Hall–Kier alpha value is -1.99. The maximum atomic E-state index is 13.1. The molecule has 0 saturated carbocycles. The first-order valence-electron chi connectivity index (χ1n) is 14.4. The van der Waals surface area contributed by atoms with Crippen LogP contribution in [-0.2, 0) is 33.3 Å². The topological polar surface area (TPSA) is 169 Å². The molecule has 0 aromatic rings. The summed E-state index contributed by atoms with van der Waals surface area (Å²) in [6.45, 7) is 8.30. The molecule has 2 heterocycles. The highest BCUT2D eigenvalue weighted by molar-refractivity contribution is 5.91. The van der Waals surface area contributed by atoms with Crippen LogP contribution in [0, 0.1) is 23.7 Å². The van der Waals surface area contributed by atoms with E-state index in [4.69, 9.17) is 18.9 Å². The number of esters is 1. The molecule has 41 heavy (non-hydrogen) atoms. The molecule has 0 unspecified atom stereocenters. The number of ketones is 1. The molecule has 2 aliphatic rings. The molecule has 11 heteroatoms. The van der Waals surface area contributed by atoms with Crippen molar-refractivity contribution in [3.8, 4) is 0 Å². The molecule has 2 aliphatic heterocycles. The van der Waals surface area contributed by atoms with Gasteiger partial charge in [-0.3, -0.25) is 9.59 Å². The molecule has 0 aromatic heterocycles. The number of carbonyl (C=O) groups is 3. The quantitative estimate of drug-likeness (QED) is 0.253. The van der Waals surface area contributed by atoms with Gasteiger partial charge in [-0.25, -0.2) is 0 Å². The van der Waals surface area contributed by atoms with E-state index in [2.05, 4.69) is 0 Å². The molecule has 0 aromatic carbocycles. The highest BCUT2D eigenvalue weighted by Gasteiger charge is 2.46. The summed E-state index contributed by atoms with van der Waals surface area (Å²) in [5.41, 5.74) is 0.706. The Morgan fingerprint density at radius 2 is 1.76 bits per heavy atom. The predicted molar refractivity (Wildman–Crippen MR) is 148 cm³/mol. The van der Waals surface area contributed by atoms with Gasteiger partial charge in [-0.15, -0.1) is 0 Å². The number of carbonyl (C=O) groups excluding carboxylic acids is 3. The number of cyclic esters (lactones) is 1. The first-order valence-corrected chi connectivity index (χ1v) is 14.4. The van der Waals surface area contributed by atoms with E-state index in [1.807, 2.05) is 6.92 Å². The molecule has 0 aliphatic carbocycles. The maximum Gasteiger partial charge on any atom is 0.308 e. The number of hydrogen-bond acceptors (Lipinski definition) is 11. The van der Waals surface area contributed by atoms with Gasteiger partial charge >= 0.3 is 5.97 Å². The van der Waals surface area contributed by atoms with Crippen LogP contribution in [0.3, 0.4) is 0 Å². The molecule has 0 amide bonds. The standard InChI is InChI=1S/C30H48O11/c1-7-24-21(15-32)12-16(2)8-9-22(33)17(3)13-20(10-11-31)28(18(4)23(34)14-25(35)40-24)41-30-27(37)29(38-6)26(36)19(5)39-30/h8-9,11-12,17-21,23-24,26-30,32,34,36-37H,7,10,13-15H2,1-6H3/b9-8+,16-12+/t17-,18+,19-,20+,21-,23-,24-,26-,27-,28-,29+,30+/m1/s1. The SMILES string of the molecule is CC[C@H]1OC(=O)C[C@@H](O)[C@H](C)[C@@H](O[C@@H]2O[C@H](C)[C@@H](O)[C@H](OC)[C@H]2O)[C@@H](CC=O)C[C@@H](C)C(=O)/C=C/C(C)=C/[C@@H]1CO. The Morgan fingerprint density at radius 3 is 2.34 bits per heavy atom. The summed E-state index contributed by atoms with van der Waals surface area (Å²) >= 11 is 0. The minimum atomic E-state index is -1.39. The summed E-state index contributed by atoms with van der Waals surface area (Å²) in [6.07, 6.45) is -2.67. The Kier molecular flexibility index (Phi) is 14.3. The van der Waals surface area contributed by atoms with E-state index in [-0.39, 0.29) is 31.7 Å². The number of aliphatic hydroxyl groups is 4. The second-order valence-corrected chi connectivity index (χ2v) is 11.4. The second kappa shape index (κ2) is 16.6. The number of hydrogen-bond donors (Lipinski definition) is 4. The van der Waals surface area contributed by atoms with Crippen molar-refractivity contribution in [3.63, 3.8) is 0 Å². The molecule has 1 saturated heterocycles. The second-order valence-electron chi connectivity index (χ2n) is 11.4. The third-order valence-corrected chi connectivity index (χ3v) is 8.21. The summed E-state index contributed by atoms with van der Waals surface area (Å²) in [4.78, 5) is 37.7. The lowest BCUT2D eigenvalue weighted by atomic mass is 9.79. The molecule has 11 nitrogen and oxygen atoms in total. The fourth-order valence-electron chi connectivity index (χ4n) is 5.58. The van der Waals surface area contributed by atoms with Gasteiger partial charge in [0.05, 0.1) is 31.3 Å². The number of methoxy groups -OCH3 is 1. The molecule has 2 rings (SSSR count). The molecule has 0 radical (unpaired) electrons. The first-order chi connectivity index (χ1) is 19.4. The van der Waals surface area contributed by atoms with E-state index >= 15 is 0 Å². The zero-order valence-electron chi connectivity index (χ0n) is 24.9. The van der Waals surface area contributed by atoms with Crippen LogP contribution in [0.2, 0.25) is 0 Å². The van der Waals surface area contributed by atoms with Crippen molar-refractivity contribution in [3.05, 3.63) is 23.8 Å². The first kappa shape index (κ1) is 35.2. The zero-order valence-corrected chi connectivity index (χ0v) is 24.9. The van der Waals surface area contributed by atoms with E-state index in [0.29, 0.717) is 18.3 Å². The Balaban J connectivity index is 2.50. The summed E-state index contributed by atoms with van der Waals surface area (Å²) in [6, 6.07) is 0. The van der Waals surface area contributed by atoms with Crippen LogP contribution < -0.4 is 0 Å². The van der Waals surface area contributed by atoms with Crippen molar-refractivity contribution in [1.29, 1.82) is 0 Å². The van der Waals surface area contributed by atoms with E-state index < -0.39 is 78.7 Å². The van der Waals surface area contributed by atoms with Crippen LogP contribution in [0.5, 0.6) is 0 Å². The largest absolute Gasteiger partial charge is 0.462 e. The average Bonchev–Trinajstić information content (AvgIpc) is 2.93. The normalized spacial score (nSPS) is 42.1. The van der Waals surface area contributed by atoms with Gasteiger partial charge in [-0.2, -0.15) is 0 Å². The molecular formula is C30H48O11. The third kappa shape index (κ3) is 9.51. The van der Waals surface area contributed by atoms with Crippen molar-refractivity contribution in [2.45, 2.75) is 109 Å². The van der Waals surface area contributed by atoms with E-state index in [9.17, 15) is 34.8 Å². The summed E-state index contributed by atoms with van der Waals surface area (Å²) in [7, 11) is 1.34. The summed E-state index contributed by atoms with van der Waals surface area (Å²) in [5, 5.41) is 42.4. The van der Waals surface area contributed by atoms with Gasteiger partial charge in [0, 0.05) is 31.3 Å². The van der Waals surface area contributed by atoms with E-state index in [0.717, 1.165) is 0 Å². The highest BCUT2D eigenvalue weighted by atomic mass is 16.7. The van der Waals surface area contributed by atoms with Crippen LogP contribution >= 0.6 is 0 Å². The fraction of sp³-hybridized carbons (Fsp3) is 0.767. The Morgan fingerprint density at radius 1 is 1.07 bits per heavy atom. The Bertz CT molecular complexity index is 918. The van der Waals surface area contributed by atoms with Crippen molar-refractivity contribution < 1.29 is 53.8 Å². The predicted octanol–water partition coefficient (Wildman–Crippen LogP) is 1.49.